The van der Waals surface area contributed by atoms with Crippen LogP contribution >= 0.6 is 34.8 Å². The topological polar surface area (TPSA) is 79.3 Å². The molecule has 0 saturated carbocycles. The lowest BCUT2D eigenvalue weighted by Gasteiger charge is -2.37. The highest BCUT2D eigenvalue weighted by Gasteiger charge is 2.38. The van der Waals surface area contributed by atoms with Gasteiger partial charge in [-0.25, -0.2) is 0 Å². The number of ketones is 1. The van der Waals surface area contributed by atoms with E-state index >= 15 is 0 Å². The van der Waals surface area contributed by atoms with Crippen LogP contribution in [0, 0.1) is 11.3 Å². The molecule has 0 saturated heterocycles. The third kappa shape index (κ3) is 4.06. The number of rotatable bonds is 4. The highest BCUT2D eigenvalue weighted by molar-refractivity contribution is 6.35. The Hall–Kier alpha value is -2.65. The smallest absolute Gasteiger partial charge is 0.161 e. The first kappa shape index (κ1) is 22.5. The van der Waals surface area contributed by atoms with Gasteiger partial charge in [0.15, 0.2) is 5.78 Å². The Morgan fingerprint density at radius 1 is 1.16 bits per heavy atom. The monoisotopic (exact) mass is 487 g/mol. The predicted molar refractivity (Wildman–Crippen MR) is 125 cm³/mol. The summed E-state index contributed by atoms with van der Waals surface area (Å²) in [7, 11) is 1.79. The molecule has 0 aromatic heterocycles. The highest BCUT2D eigenvalue weighted by atomic mass is 35.5. The van der Waals surface area contributed by atoms with Crippen molar-refractivity contribution in [3.8, 4) is 11.8 Å². The zero-order chi connectivity index (χ0) is 23.0. The van der Waals surface area contributed by atoms with Gasteiger partial charge >= 0.3 is 0 Å². The van der Waals surface area contributed by atoms with Gasteiger partial charge in [0.25, 0.3) is 0 Å². The Morgan fingerprint density at radius 2 is 1.94 bits per heavy atom. The molecular formula is C24H20Cl3N3O2. The van der Waals surface area contributed by atoms with E-state index in [9.17, 15) is 10.1 Å². The lowest BCUT2D eigenvalue weighted by Crippen LogP contribution is -2.36. The van der Waals surface area contributed by atoms with Gasteiger partial charge in [0.05, 0.1) is 22.6 Å². The second-order valence-electron chi connectivity index (χ2n) is 7.75. The molecular weight excluding hydrogens is 469 g/mol. The minimum atomic E-state index is -0.545. The molecule has 2 aliphatic rings. The van der Waals surface area contributed by atoms with Crippen LogP contribution in [-0.2, 0) is 11.4 Å². The lowest BCUT2D eigenvalue weighted by atomic mass is 9.76. The largest absolute Gasteiger partial charge is 0.487 e. The van der Waals surface area contributed by atoms with Crippen molar-refractivity contribution in [1.29, 1.82) is 5.26 Å². The molecule has 2 aromatic carbocycles. The zero-order valence-electron chi connectivity index (χ0n) is 17.3. The van der Waals surface area contributed by atoms with E-state index in [2.05, 4.69) is 6.07 Å². The van der Waals surface area contributed by atoms with Crippen molar-refractivity contribution >= 4 is 40.6 Å². The Morgan fingerprint density at radius 3 is 2.62 bits per heavy atom. The van der Waals surface area contributed by atoms with Crippen LogP contribution in [0.5, 0.6) is 5.75 Å². The maximum atomic E-state index is 12.9. The van der Waals surface area contributed by atoms with Gasteiger partial charge in [-0.05, 0) is 42.7 Å². The van der Waals surface area contributed by atoms with Crippen LogP contribution in [0.3, 0.4) is 0 Å². The van der Waals surface area contributed by atoms with Gasteiger partial charge in [0.2, 0.25) is 0 Å². The van der Waals surface area contributed by atoms with Gasteiger partial charge in [-0.2, -0.15) is 5.26 Å². The molecule has 8 heteroatoms. The lowest BCUT2D eigenvalue weighted by molar-refractivity contribution is -0.116. The van der Waals surface area contributed by atoms with Gasteiger partial charge < -0.3 is 15.4 Å². The molecule has 0 fully saturated rings. The third-order valence-corrected chi connectivity index (χ3v) is 6.74. The first-order valence-electron chi connectivity index (χ1n) is 10.1. The molecule has 1 heterocycles. The Kier molecular flexibility index (Phi) is 6.39. The van der Waals surface area contributed by atoms with E-state index in [0.717, 1.165) is 29.7 Å². The maximum Gasteiger partial charge on any atom is 0.161 e. The number of benzene rings is 2. The molecule has 0 unspecified atom stereocenters. The fraction of sp³-hybridized carbons (Fsp3) is 0.250. The van der Waals surface area contributed by atoms with E-state index in [1.807, 2.05) is 6.07 Å². The summed E-state index contributed by atoms with van der Waals surface area (Å²) in [6.07, 6.45) is 1.97. The second kappa shape index (κ2) is 9.07. The van der Waals surface area contributed by atoms with Gasteiger partial charge in [-0.15, -0.1) is 0 Å². The zero-order valence-corrected chi connectivity index (χ0v) is 19.6. The van der Waals surface area contributed by atoms with Crippen LogP contribution in [0.15, 0.2) is 59.1 Å². The summed E-state index contributed by atoms with van der Waals surface area (Å²) < 4.78 is 5.86. The van der Waals surface area contributed by atoms with Gasteiger partial charge in [0, 0.05) is 40.3 Å². The van der Waals surface area contributed by atoms with E-state index in [0.29, 0.717) is 44.2 Å². The summed E-state index contributed by atoms with van der Waals surface area (Å²) in [5.41, 5.74) is 9.62. The Bertz CT molecular complexity index is 1210. The molecule has 164 valence electrons. The van der Waals surface area contributed by atoms with Crippen LogP contribution in [0.2, 0.25) is 15.1 Å². The average Bonchev–Trinajstić information content (AvgIpc) is 2.76. The molecule has 1 atom stereocenters. The van der Waals surface area contributed by atoms with Crippen molar-refractivity contribution in [2.45, 2.75) is 31.8 Å². The fourth-order valence-electron chi connectivity index (χ4n) is 4.20. The van der Waals surface area contributed by atoms with Crippen molar-refractivity contribution < 1.29 is 9.53 Å². The number of hydrogen-bond acceptors (Lipinski definition) is 5. The molecule has 0 radical (unpaired) electrons. The van der Waals surface area contributed by atoms with Crippen LogP contribution in [0.25, 0.3) is 0 Å². The Labute approximate surface area is 201 Å². The highest BCUT2D eigenvalue weighted by Crippen LogP contribution is 2.45. The van der Waals surface area contributed by atoms with Crippen molar-refractivity contribution in [3.63, 3.8) is 0 Å². The number of hydrogen-bond donors (Lipinski definition) is 1. The molecule has 1 aliphatic carbocycles. The number of nitrogens with zero attached hydrogens (tertiary/aromatic N) is 2. The summed E-state index contributed by atoms with van der Waals surface area (Å²) >= 11 is 18.7. The van der Waals surface area contributed by atoms with Crippen molar-refractivity contribution in [3.05, 3.63) is 85.3 Å². The van der Waals surface area contributed by atoms with E-state index in [1.165, 1.54) is 0 Å². The minimum absolute atomic E-state index is 0.0391. The number of ether oxygens (including phenoxy) is 1. The standard InChI is InChI=1S/C24H20Cl3N3O2/c1-30-19-3-2-4-20(31)23(19)22(16(11-28)24(30)29)13-6-8-21(18(27)9-13)32-12-14-5-7-15(25)10-17(14)26/h5-10,22H,2-4,12,29H2,1H3/t22-/m1/s1. The van der Waals surface area contributed by atoms with Gasteiger partial charge in [-0.1, -0.05) is 46.9 Å². The van der Waals surface area contributed by atoms with Gasteiger partial charge in [-0.3, -0.25) is 4.79 Å². The molecule has 2 aromatic rings. The molecule has 32 heavy (non-hydrogen) atoms. The van der Waals surface area contributed by atoms with E-state index in [1.54, 1.807) is 42.3 Å². The molecule has 0 spiro atoms. The van der Waals surface area contributed by atoms with Crippen LogP contribution in [0.1, 0.15) is 36.3 Å². The number of nitriles is 1. The molecule has 0 bridgehead atoms. The SMILES string of the molecule is CN1C(N)=C(C#N)[C@@H](c2ccc(OCc3ccc(Cl)cc3Cl)c(Cl)c2)C2=C1CCCC2=O. The summed E-state index contributed by atoms with van der Waals surface area (Å²) in [5.74, 6) is 0.321. The number of carbonyl (C=O) groups is 1. The summed E-state index contributed by atoms with van der Waals surface area (Å²) in [6.45, 7) is 0.216. The quantitative estimate of drug-likeness (QED) is 0.575. The summed E-state index contributed by atoms with van der Waals surface area (Å²) in [6, 6.07) is 12.7. The molecule has 2 N–H and O–H groups in total. The maximum absolute atomic E-state index is 12.9. The van der Waals surface area contributed by atoms with E-state index in [-0.39, 0.29) is 12.4 Å². The van der Waals surface area contributed by atoms with Crippen molar-refractivity contribution in [2.24, 2.45) is 5.73 Å². The number of Topliss-reactive ketones (excluding diaryl/α,β-unsaturated/α-hetero) is 1. The third-order valence-electron chi connectivity index (χ3n) is 5.86. The average molecular weight is 489 g/mol. The first-order valence-corrected chi connectivity index (χ1v) is 11.2. The van der Waals surface area contributed by atoms with E-state index < -0.39 is 5.92 Å². The number of halogens is 3. The van der Waals surface area contributed by atoms with Crippen LogP contribution < -0.4 is 10.5 Å². The normalized spacial score (nSPS) is 18.5. The van der Waals surface area contributed by atoms with Gasteiger partial charge in [0.1, 0.15) is 18.2 Å². The second-order valence-corrected chi connectivity index (χ2v) is 9.00. The van der Waals surface area contributed by atoms with Crippen molar-refractivity contribution in [2.75, 3.05) is 7.05 Å². The van der Waals surface area contributed by atoms with Crippen molar-refractivity contribution in [1.82, 2.24) is 4.90 Å². The molecule has 5 nitrogen and oxygen atoms in total. The van der Waals surface area contributed by atoms with Crippen LogP contribution in [-0.4, -0.2) is 17.7 Å². The molecule has 0 amide bonds. The minimum Gasteiger partial charge on any atom is -0.487 e. The number of carbonyl (C=O) groups excluding carboxylic acids is 1. The summed E-state index contributed by atoms with van der Waals surface area (Å²) in [4.78, 5) is 14.6. The Balaban J connectivity index is 1.67. The molecule has 4 rings (SSSR count). The fourth-order valence-corrected chi connectivity index (χ4v) is 4.91. The number of nitrogens with two attached hydrogens (primary N) is 1. The summed E-state index contributed by atoms with van der Waals surface area (Å²) in [5, 5.41) is 11.3. The number of allylic oxidation sites excluding steroid dienone is 3. The van der Waals surface area contributed by atoms with E-state index in [4.69, 9.17) is 45.3 Å². The van der Waals surface area contributed by atoms with Crippen LogP contribution in [0.4, 0.5) is 0 Å². The predicted octanol–water partition coefficient (Wildman–Crippen LogP) is 5.96. The first-order chi connectivity index (χ1) is 15.3. The molecule has 1 aliphatic heterocycles.